The lowest BCUT2D eigenvalue weighted by atomic mass is 10.1. The molecule has 0 aromatic heterocycles. The minimum Gasteiger partial charge on any atom is -0.322 e. The average molecular weight is 319 g/mol. The molecule has 1 fully saturated rings. The molecule has 1 heterocycles. The number of hydrogen-bond donors (Lipinski definition) is 1. The Labute approximate surface area is 142 Å². The maximum atomic E-state index is 12.3. The summed E-state index contributed by atoms with van der Waals surface area (Å²) in [6, 6.07) is 16.8. The molecule has 1 aliphatic heterocycles. The Kier molecular flexibility index (Phi) is 5.25. The minimum atomic E-state index is -0.198. The Morgan fingerprint density at radius 1 is 1.08 bits per heavy atom. The number of hydrogen-bond acceptors (Lipinski definition) is 3. The van der Waals surface area contributed by atoms with Crippen molar-refractivity contribution in [2.45, 2.75) is 25.8 Å². The van der Waals surface area contributed by atoms with E-state index in [1.165, 1.54) is 37.9 Å². The molecule has 1 aliphatic rings. The van der Waals surface area contributed by atoms with Gasteiger partial charge in [-0.05, 0) is 61.8 Å². The molecule has 4 nitrogen and oxygen atoms in total. The van der Waals surface area contributed by atoms with Crippen LogP contribution in [0.4, 0.5) is 5.69 Å². The third kappa shape index (κ3) is 4.21. The molecule has 0 unspecified atom stereocenters. The highest BCUT2D eigenvalue weighted by atomic mass is 16.1. The molecule has 0 aliphatic carbocycles. The quantitative estimate of drug-likeness (QED) is 0.932. The molecule has 0 bridgehead atoms. The number of benzene rings is 2. The summed E-state index contributed by atoms with van der Waals surface area (Å²) >= 11 is 0. The molecular formula is C20H21N3O. The van der Waals surface area contributed by atoms with Gasteiger partial charge < -0.3 is 5.32 Å². The number of carbonyl (C=O) groups excluding carboxylic acids is 1. The highest BCUT2D eigenvalue weighted by Gasteiger charge is 2.11. The first-order valence-corrected chi connectivity index (χ1v) is 8.37. The van der Waals surface area contributed by atoms with Gasteiger partial charge in [-0.2, -0.15) is 5.26 Å². The first-order valence-electron chi connectivity index (χ1n) is 8.37. The van der Waals surface area contributed by atoms with Gasteiger partial charge in [0.1, 0.15) is 0 Å². The summed E-state index contributed by atoms with van der Waals surface area (Å²) in [4.78, 5) is 14.7. The van der Waals surface area contributed by atoms with Crippen LogP contribution in [0.3, 0.4) is 0 Å². The van der Waals surface area contributed by atoms with Gasteiger partial charge in [0.25, 0.3) is 5.91 Å². The van der Waals surface area contributed by atoms with Gasteiger partial charge in [0.05, 0.1) is 11.6 Å². The topological polar surface area (TPSA) is 56.1 Å². The molecule has 0 atom stereocenters. The zero-order valence-corrected chi connectivity index (χ0v) is 13.7. The summed E-state index contributed by atoms with van der Waals surface area (Å²) in [5.41, 5.74) is 3.01. The van der Waals surface area contributed by atoms with Gasteiger partial charge in [-0.25, -0.2) is 0 Å². The molecule has 2 aromatic carbocycles. The van der Waals surface area contributed by atoms with Crippen LogP contribution in [0.5, 0.6) is 0 Å². The average Bonchev–Trinajstić information content (AvgIpc) is 2.64. The third-order valence-corrected chi connectivity index (χ3v) is 4.32. The van der Waals surface area contributed by atoms with Crippen LogP contribution in [0.2, 0.25) is 0 Å². The number of amides is 1. The summed E-state index contributed by atoms with van der Waals surface area (Å²) in [5.74, 6) is -0.198. The van der Waals surface area contributed by atoms with Crippen molar-refractivity contribution in [2.24, 2.45) is 0 Å². The van der Waals surface area contributed by atoms with Crippen LogP contribution >= 0.6 is 0 Å². The van der Waals surface area contributed by atoms with E-state index in [2.05, 4.69) is 22.3 Å². The highest BCUT2D eigenvalue weighted by molar-refractivity contribution is 6.04. The van der Waals surface area contributed by atoms with E-state index in [0.717, 1.165) is 12.2 Å². The Bertz CT molecular complexity index is 740. The van der Waals surface area contributed by atoms with Crippen molar-refractivity contribution in [3.8, 4) is 6.07 Å². The molecule has 2 aromatic rings. The number of rotatable bonds is 4. The van der Waals surface area contributed by atoms with Crippen molar-refractivity contribution in [2.75, 3.05) is 18.4 Å². The van der Waals surface area contributed by atoms with E-state index >= 15 is 0 Å². The third-order valence-electron chi connectivity index (χ3n) is 4.32. The Hall–Kier alpha value is -2.64. The van der Waals surface area contributed by atoms with E-state index in [4.69, 9.17) is 5.26 Å². The molecule has 4 heteroatoms. The number of carbonyl (C=O) groups is 1. The number of nitrogens with one attached hydrogen (secondary N) is 1. The monoisotopic (exact) mass is 319 g/mol. The lowest BCUT2D eigenvalue weighted by Crippen LogP contribution is -2.29. The van der Waals surface area contributed by atoms with E-state index in [0.29, 0.717) is 11.1 Å². The lowest BCUT2D eigenvalue weighted by molar-refractivity contribution is 0.102. The van der Waals surface area contributed by atoms with Crippen molar-refractivity contribution in [3.05, 3.63) is 65.2 Å². The van der Waals surface area contributed by atoms with Crippen LogP contribution in [0, 0.1) is 11.3 Å². The second-order valence-electron chi connectivity index (χ2n) is 6.18. The van der Waals surface area contributed by atoms with E-state index < -0.39 is 0 Å². The van der Waals surface area contributed by atoms with Crippen LogP contribution in [0.1, 0.15) is 40.7 Å². The Morgan fingerprint density at radius 3 is 2.54 bits per heavy atom. The largest absolute Gasteiger partial charge is 0.322 e. The van der Waals surface area contributed by atoms with Crippen molar-refractivity contribution < 1.29 is 4.79 Å². The first-order chi connectivity index (χ1) is 11.7. The predicted molar refractivity (Wildman–Crippen MR) is 94.7 cm³/mol. The van der Waals surface area contributed by atoms with Gasteiger partial charge in [-0.3, -0.25) is 9.69 Å². The maximum Gasteiger partial charge on any atom is 0.255 e. The van der Waals surface area contributed by atoms with Crippen molar-refractivity contribution in [1.82, 2.24) is 4.90 Å². The number of likely N-dealkylation sites (tertiary alicyclic amines) is 1. The van der Waals surface area contributed by atoms with E-state index in [-0.39, 0.29) is 5.91 Å². The summed E-state index contributed by atoms with van der Waals surface area (Å²) in [6.45, 7) is 3.32. The minimum absolute atomic E-state index is 0.198. The van der Waals surface area contributed by atoms with Gasteiger partial charge in [0.15, 0.2) is 0 Å². The Balaban J connectivity index is 1.61. The maximum absolute atomic E-state index is 12.3. The molecule has 0 radical (unpaired) electrons. The fourth-order valence-electron chi connectivity index (χ4n) is 3.00. The van der Waals surface area contributed by atoms with Crippen LogP contribution in [-0.2, 0) is 6.54 Å². The summed E-state index contributed by atoms with van der Waals surface area (Å²) in [6.07, 6.45) is 3.92. The van der Waals surface area contributed by atoms with Crippen LogP contribution in [-0.4, -0.2) is 23.9 Å². The molecule has 1 amide bonds. The second kappa shape index (κ2) is 7.76. The predicted octanol–water partition coefficient (Wildman–Crippen LogP) is 3.80. The smallest absolute Gasteiger partial charge is 0.255 e. The normalized spacial score (nSPS) is 14.8. The number of piperidine rings is 1. The second-order valence-corrected chi connectivity index (χ2v) is 6.18. The SMILES string of the molecule is N#Cc1cccc(C(=O)Nc2ccc(CN3CCCCC3)cc2)c1. The van der Waals surface area contributed by atoms with Crippen LogP contribution in [0.15, 0.2) is 48.5 Å². The molecule has 1 saturated heterocycles. The molecule has 0 spiro atoms. The van der Waals surface area contributed by atoms with Gasteiger partial charge in [-0.15, -0.1) is 0 Å². The molecule has 3 rings (SSSR count). The van der Waals surface area contributed by atoms with Gasteiger partial charge in [0, 0.05) is 17.8 Å². The van der Waals surface area contributed by atoms with Gasteiger partial charge in [0.2, 0.25) is 0 Å². The molecule has 122 valence electrons. The highest BCUT2D eigenvalue weighted by Crippen LogP contribution is 2.16. The number of anilines is 1. The molecule has 24 heavy (non-hydrogen) atoms. The standard InChI is InChI=1S/C20H21N3O/c21-14-17-5-4-6-18(13-17)20(24)22-19-9-7-16(8-10-19)15-23-11-2-1-3-12-23/h4-10,13H,1-3,11-12,15H2,(H,22,24). The summed E-state index contributed by atoms with van der Waals surface area (Å²) in [7, 11) is 0. The van der Waals surface area contributed by atoms with E-state index in [1.54, 1.807) is 24.3 Å². The van der Waals surface area contributed by atoms with Crippen molar-refractivity contribution in [3.63, 3.8) is 0 Å². The van der Waals surface area contributed by atoms with Crippen molar-refractivity contribution in [1.29, 1.82) is 5.26 Å². The van der Waals surface area contributed by atoms with Crippen LogP contribution in [0.25, 0.3) is 0 Å². The summed E-state index contributed by atoms with van der Waals surface area (Å²) < 4.78 is 0. The van der Waals surface area contributed by atoms with Crippen LogP contribution < -0.4 is 5.32 Å². The zero-order valence-electron chi connectivity index (χ0n) is 13.7. The Morgan fingerprint density at radius 2 is 1.83 bits per heavy atom. The number of nitrogens with zero attached hydrogens (tertiary/aromatic N) is 2. The fourth-order valence-corrected chi connectivity index (χ4v) is 3.00. The van der Waals surface area contributed by atoms with Gasteiger partial charge in [-0.1, -0.05) is 24.6 Å². The molecule has 0 saturated carbocycles. The van der Waals surface area contributed by atoms with Crippen molar-refractivity contribution >= 4 is 11.6 Å². The number of nitriles is 1. The molecule has 1 N–H and O–H groups in total. The van der Waals surface area contributed by atoms with E-state index in [1.807, 2.05) is 18.2 Å². The molecular weight excluding hydrogens is 298 g/mol. The summed E-state index contributed by atoms with van der Waals surface area (Å²) in [5, 5.41) is 11.8. The lowest BCUT2D eigenvalue weighted by Gasteiger charge is -2.26. The first kappa shape index (κ1) is 16.2. The fraction of sp³-hybridized carbons (Fsp3) is 0.300. The zero-order chi connectivity index (χ0) is 16.8. The van der Waals surface area contributed by atoms with Gasteiger partial charge >= 0.3 is 0 Å². The van der Waals surface area contributed by atoms with E-state index in [9.17, 15) is 4.79 Å².